The summed E-state index contributed by atoms with van der Waals surface area (Å²) < 4.78 is 13.7. The fourth-order valence-corrected chi connectivity index (χ4v) is 2.23. The first-order valence-electron chi connectivity index (χ1n) is 5.85. The summed E-state index contributed by atoms with van der Waals surface area (Å²) in [6.07, 6.45) is 2.00. The molecular formula is C14H17FO2. The zero-order chi connectivity index (χ0) is 12.7. The lowest BCUT2D eigenvalue weighted by molar-refractivity contribution is -0.137. The van der Waals surface area contributed by atoms with E-state index in [0.717, 1.165) is 18.4 Å². The third-order valence-electron chi connectivity index (χ3n) is 3.53. The van der Waals surface area contributed by atoms with E-state index < -0.39 is 11.6 Å². The Balaban J connectivity index is 2.22. The van der Waals surface area contributed by atoms with E-state index in [4.69, 9.17) is 5.11 Å². The normalized spacial score (nSPS) is 17.8. The van der Waals surface area contributed by atoms with Crippen LogP contribution in [0.5, 0.6) is 0 Å². The molecule has 1 N–H and O–H groups in total. The molecule has 1 fully saturated rings. The molecule has 0 amide bonds. The molecule has 92 valence electrons. The molecule has 0 spiro atoms. The number of carboxylic acids is 1. The summed E-state index contributed by atoms with van der Waals surface area (Å²) in [6.45, 7) is 3.04. The zero-order valence-electron chi connectivity index (χ0n) is 10.2. The summed E-state index contributed by atoms with van der Waals surface area (Å²) >= 11 is 0. The van der Waals surface area contributed by atoms with Crippen molar-refractivity contribution in [2.75, 3.05) is 0 Å². The van der Waals surface area contributed by atoms with E-state index in [9.17, 15) is 9.18 Å². The molecule has 0 radical (unpaired) electrons. The SMILES string of the molecule is CC(C)(F)c1ccc(C2(CC(=O)O)CC2)cc1. The molecule has 2 rings (SSSR count). The van der Waals surface area contributed by atoms with Crippen LogP contribution in [0.4, 0.5) is 4.39 Å². The molecular weight excluding hydrogens is 219 g/mol. The van der Waals surface area contributed by atoms with Gasteiger partial charge in [-0.15, -0.1) is 0 Å². The molecule has 0 bridgehead atoms. The summed E-state index contributed by atoms with van der Waals surface area (Å²) in [6, 6.07) is 7.26. The van der Waals surface area contributed by atoms with Gasteiger partial charge in [0.15, 0.2) is 0 Å². The number of hydrogen-bond donors (Lipinski definition) is 1. The molecule has 0 saturated heterocycles. The molecule has 1 aromatic rings. The van der Waals surface area contributed by atoms with Crippen LogP contribution in [0.2, 0.25) is 0 Å². The van der Waals surface area contributed by atoms with Crippen LogP contribution in [0.3, 0.4) is 0 Å². The third kappa shape index (κ3) is 2.48. The van der Waals surface area contributed by atoms with Gasteiger partial charge in [0.1, 0.15) is 5.67 Å². The van der Waals surface area contributed by atoms with Crippen molar-refractivity contribution in [3.8, 4) is 0 Å². The van der Waals surface area contributed by atoms with Crippen LogP contribution in [0.1, 0.15) is 44.2 Å². The summed E-state index contributed by atoms with van der Waals surface area (Å²) in [4.78, 5) is 10.8. The molecule has 1 aliphatic carbocycles. The van der Waals surface area contributed by atoms with Crippen molar-refractivity contribution in [1.82, 2.24) is 0 Å². The molecule has 0 aromatic heterocycles. The van der Waals surface area contributed by atoms with Gasteiger partial charge in [0.25, 0.3) is 0 Å². The van der Waals surface area contributed by atoms with Gasteiger partial charge in [-0.05, 0) is 37.8 Å². The maximum absolute atomic E-state index is 13.7. The fourth-order valence-electron chi connectivity index (χ4n) is 2.23. The Kier molecular flexibility index (Phi) is 2.72. The van der Waals surface area contributed by atoms with Gasteiger partial charge >= 0.3 is 5.97 Å². The topological polar surface area (TPSA) is 37.3 Å². The third-order valence-corrected chi connectivity index (χ3v) is 3.53. The second-order valence-corrected chi connectivity index (χ2v) is 5.40. The number of carboxylic acid groups (broad SMARTS) is 1. The van der Waals surface area contributed by atoms with Gasteiger partial charge in [0.05, 0.1) is 6.42 Å². The van der Waals surface area contributed by atoms with Crippen molar-refractivity contribution in [1.29, 1.82) is 0 Å². The van der Waals surface area contributed by atoms with Crippen LogP contribution in [0.25, 0.3) is 0 Å². The summed E-state index contributed by atoms with van der Waals surface area (Å²) in [5.41, 5.74) is 0.118. The minimum atomic E-state index is -1.35. The smallest absolute Gasteiger partial charge is 0.304 e. The average molecular weight is 236 g/mol. The van der Waals surface area contributed by atoms with Crippen molar-refractivity contribution >= 4 is 5.97 Å². The first-order chi connectivity index (χ1) is 7.83. The number of halogens is 1. The van der Waals surface area contributed by atoms with Gasteiger partial charge in [0.2, 0.25) is 0 Å². The van der Waals surface area contributed by atoms with Crippen molar-refractivity contribution < 1.29 is 14.3 Å². The van der Waals surface area contributed by atoms with Gasteiger partial charge in [-0.1, -0.05) is 24.3 Å². The molecule has 2 nitrogen and oxygen atoms in total. The van der Waals surface area contributed by atoms with Gasteiger partial charge in [-0.3, -0.25) is 4.79 Å². The molecule has 1 aliphatic rings. The standard InChI is InChI=1S/C14H17FO2/c1-13(2,15)10-3-5-11(6-4-10)14(7-8-14)9-12(16)17/h3-6H,7-9H2,1-2H3,(H,16,17). The maximum Gasteiger partial charge on any atom is 0.304 e. The van der Waals surface area contributed by atoms with Gasteiger partial charge < -0.3 is 5.11 Å². The second-order valence-electron chi connectivity index (χ2n) is 5.40. The van der Waals surface area contributed by atoms with E-state index in [1.807, 2.05) is 12.1 Å². The van der Waals surface area contributed by atoms with E-state index >= 15 is 0 Å². The molecule has 1 saturated carbocycles. The number of benzene rings is 1. The summed E-state index contributed by atoms with van der Waals surface area (Å²) in [7, 11) is 0. The van der Waals surface area contributed by atoms with Crippen molar-refractivity contribution in [2.24, 2.45) is 0 Å². The highest BCUT2D eigenvalue weighted by atomic mass is 19.1. The monoisotopic (exact) mass is 236 g/mol. The van der Waals surface area contributed by atoms with E-state index in [1.165, 1.54) is 13.8 Å². The Labute approximate surface area is 100 Å². The maximum atomic E-state index is 13.7. The van der Waals surface area contributed by atoms with Crippen molar-refractivity contribution in [3.63, 3.8) is 0 Å². The quantitative estimate of drug-likeness (QED) is 0.870. The lowest BCUT2D eigenvalue weighted by atomic mass is 9.90. The second kappa shape index (κ2) is 3.83. The number of alkyl halides is 1. The molecule has 0 heterocycles. The van der Waals surface area contributed by atoms with Crippen LogP contribution in [-0.2, 0) is 15.9 Å². The Morgan fingerprint density at radius 3 is 2.24 bits per heavy atom. The van der Waals surface area contributed by atoms with E-state index in [-0.39, 0.29) is 11.8 Å². The van der Waals surface area contributed by atoms with Crippen LogP contribution >= 0.6 is 0 Å². The lowest BCUT2D eigenvalue weighted by Gasteiger charge is -2.17. The number of rotatable bonds is 4. The van der Waals surface area contributed by atoms with E-state index in [2.05, 4.69) is 0 Å². The molecule has 0 aliphatic heterocycles. The van der Waals surface area contributed by atoms with Crippen molar-refractivity contribution in [2.45, 2.75) is 44.2 Å². The molecule has 0 atom stereocenters. The minimum Gasteiger partial charge on any atom is -0.481 e. The Morgan fingerprint density at radius 2 is 1.88 bits per heavy atom. The lowest BCUT2D eigenvalue weighted by Crippen LogP contribution is -2.14. The molecule has 17 heavy (non-hydrogen) atoms. The number of hydrogen-bond acceptors (Lipinski definition) is 1. The molecule has 3 heteroatoms. The Bertz CT molecular complexity index is 425. The first-order valence-corrected chi connectivity index (χ1v) is 5.85. The van der Waals surface area contributed by atoms with Gasteiger partial charge in [0, 0.05) is 5.41 Å². The number of carbonyl (C=O) groups is 1. The van der Waals surface area contributed by atoms with Crippen LogP contribution < -0.4 is 0 Å². The average Bonchev–Trinajstić information content (AvgIpc) is 2.97. The number of aliphatic carboxylic acids is 1. The highest BCUT2D eigenvalue weighted by molar-refractivity contribution is 5.70. The summed E-state index contributed by atoms with van der Waals surface area (Å²) in [5, 5.41) is 8.87. The van der Waals surface area contributed by atoms with E-state index in [0.29, 0.717) is 5.56 Å². The molecule has 0 unspecified atom stereocenters. The van der Waals surface area contributed by atoms with Crippen LogP contribution in [-0.4, -0.2) is 11.1 Å². The highest BCUT2D eigenvalue weighted by Gasteiger charge is 2.45. The highest BCUT2D eigenvalue weighted by Crippen LogP contribution is 2.51. The van der Waals surface area contributed by atoms with Crippen molar-refractivity contribution in [3.05, 3.63) is 35.4 Å². The predicted molar refractivity (Wildman–Crippen MR) is 63.7 cm³/mol. The summed E-state index contributed by atoms with van der Waals surface area (Å²) in [5.74, 6) is -0.766. The van der Waals surface area contributed by atoms with E-state index in [1.54, 1.807) is 12.1 Å². The minimum absolute atomic E-state index is 0.172. The predicted octanol–water partition coefficient (Wildman–Crippen LogP) is 3.40. The molecule has 1 aromatic carbocycles. The van der Waals surface area contributed by atoms with Crippen LogP contribution in [0.15, 0.2) is 24.3 Å². The van der Waals surface area contributed by atoms with Crippen LogP contribution in [0, 0.1) is 0 Å². The van der Waals surface area contributed by atoms with Gasteiger partial charge in [-0.25, -0.2) is 4.39 Å². The fraction of sp³-hybridized carbons (Fsp3) is 0.500. The Morgan fingerprint density at radius 1 is 1.35 bits per heavy atom. The first kappa shape index (κ1) is 12.1. The Hall–Kier alpha value is -1.38. The van der Waals surface area contributed by atoms with Gasteiger partial charge in [-0.2, -0.15) is 0 Å². The largest absolute Gasteiger partial charge is 0.481 e. The zero-order valence-corrected chi connectivity index (χ0v) is 10.2.